The predicted molar refractivity (Wildman–Crippen MR) is 111 cm³/mol. The van der Waals surface area contributed by atoms with E-state index in [9.17, 15) is 0 Å². The SMILES string of the molecule is [2H]C([2H])(C)O[C@H]1CC[C@@]2(Cc3ccc(-c4cncnc4)cc3[C@]23N=C(N)OC3([2H])[2H])C[C@@H]1C. The average molecular weight is 397 g/mol. The van der Waals surface area contributed by atoms with E-state index < -0.39 is 24.1 Å². The van der Waals surface area contributed by atoms with Crippen LogP contribution < -0.4 is 5.73 Å². The van der Waals surface area contributed by atoms with Gasteiger partial charge in [0.25, 0.3) is 6.02 Å². The number of hydrogen-bond donors (Lipinski definition) is 1. The Balaban J connectivity index is 1.62. The molecule has 0 unspecified atom stereocenters. The number of ether oxygens (including phenoxy) is 2. The van der Waals surface area contributed by atoms with Crippen LogP contribution in [0.2, 0.25) is 0 Å². The molecule has 1 aromatic heterocycles. The highest BCUT2D eigenvalue weighted by atomic mass is 16.5. The van der Waals surface area contributed by atoms with Gasteiger partial charge in [-0.25, -0.2) is 15.0 Å². The van der Waals surface area contributed by atoms with Crippen LogP contribution >= 0.6 is 0 Å². The molecular formula is C23H28N4O2. The highest BCUT2D eigenvalue weighted by Crippen LogP contribution is 2.62. The number of fused-ring (bicyclic) bond motifs is 3. The summed E-state index contributed by atoms with van der Waals surface area (Å²) in [7, 11) is 0. The van der Waals surface area contributed by atoms with Crippen molar-refractivity contribution in [1.82, 2.24) is 9.97 Å². The Labute approximate surface area is 177 Å². The summed E-state index contributed by atoms with van der Waals surface area (Å²) in [5, 5.41) is 0. The number of aromatic nitrogens is 2. The maximum absolute atomic E-state index is 8.92. The van der Waals surface area contributed by atoms with Gasteiger partial charge >= 0.3 is 0 Å². The number of nitrogens with two attached hydrogens (primary N) is 1. The molecule has 4 atom stereocenters. The molecule has 0 radical (unpaired) electrons. The lowest BCUT2D eigenvalue weighted by Gasteiger charge is -2.48. The summed E-state index contributed by atoms with van der Waals surface area (Å²) < 4.78 is 44.7. The molecule has 2 N–H and O–H groups in total. The van der Waals surface area contributed by atoms with E-state index in [0.29, 0.717) is 25.7 Å². The molecule has 29 heavy (non-hydrogen) atoms. The molecule has 2 spiro atoms. The van der Waals surface area contributed by atoms with Crippen LogP contribution in [0.4, 0.5) is 0 Å². The molecule has 1 aliphatic heterocycles. The molecule has 1 saturated carbocycles. The van der Waals surface area contributed by atoms with Crippen LogP contribution in [0.25, 0.3) is 11.1 Å². The van der Waals surface area contributed by atoms with E-state index in [2.05, 4.69) is 9.97 Å². The zero-order valence-electron chi connectivity index (χ0n) is 20.7. The molecule has 0 saturated heterocycles. The second kappa shape index (κ2) is 6.80. The Morgan fingerprint density at radius 2 is 2.17 bits per heavy atom. The first-order valence-electron chi connectivity index (χ1n) is 12.1. The topological polar surface area (TPSA) is 82.6 Å². The molecule has 0 bridgehead atoms. The van der Waals surface area contributed by atoms with Crippen molar-refractivity contribution in [3.8, 4) is 11.1 Å². The van der Waals surface area contributed by atoms with E-state index in [1.165, 1.54) is 13.3 Å². The molecule has 152 valence electrons. The van der Waals surface area contributed by atoms with Gasteiger partial charge in [-0.1, -0.05) is 19.1 Å². The van der Waals surface area contributed by atoms with Crippen molar-refractivity contribution < 1.29 is 15.0 Å². The molecule has 5 rings (SSSR count). The van der Waals surface area contributed by atoms with Gasteiger partial charge in [0.15, 0.2) is 0 Å². The first-order chi connectivity index (χ1) is 15.5. The maximum Gasteiger partial charge on any atom is 0.283 e. The van der Waals surface area contributed by atoms with Crippen molar-refractivity contribution in [3.05, 3.63) is 48.0 Å². The monoisotopic (exact) mass is 396 g/mol. The summed E-state index contributed by atoms with van der Waals surface area (Å²) in [6.07, 6.45) is 7.17. The van der Waals surface area contributed by atoms with E-state index in [1.54, 1.807) is 12.4 Å². The number of aliphatic imine (C=N–C) groups is 1. The minimum absolute atomic E-state index is 0.00906. The van der Waals surface area contributed by atoms with Crippen LogP contribution in [0, 0.1) is 11.3 Å². The van der Waals surface area contributed by atoms with Crippen molar-refractivity contribution in [1.29, 1.82) is 0 Å². The minimum atomic E-state index is -2.12. The summed E-state index contributed by atoms with van der Waals surface area (Å²) >= 11 is 0. The standard InChI is InChI=1S/C23H28N4O2/c1-3-28-20-6-7-22(9-15(20)2)10-17-5-4-16(18-11-25-14-26-12-18)8-19(17)23(22)13-29-21(24)27-23/h4-5,8,11-12,14-15,20H,3,6-7,9-10,13H2,1-2H3,(H2,24,27)/t15-,20-,22-,23-/m0/s1/i3D2,13D2. The fraction of sp³-hybridized carbons (Fsp3) is 0.522. The molecular weight excluding hydrogens is 364 g/mol. The smallest absolute Gasteiger partial charge is 0.283 e. The van der Waals surface area contributed by atoms with Crippen molar-refractivity contribution in [2.75, 3.05) is 13.1 Å². The second-order valence-electron chi connectivity index (χ2n) is 8.40. The molecule has 6 nitrogen and oxygen atoms in total. The summed E-state index contributed by atoms with van der Waals surface area (Å²) in [6, 6.07) is 5.87. The van der Waals surface area contributed by atoms with Crippen LogP contribution in [-0.2, 0) is 21.4 Å². The van der Waals surface area contributed by atoms with E-state index in [-0.39, 0.29) is 18.0 Å². The molecule has 0 amide bonds. The number of amidine groups is 1. The van der Waals surface area contributed by atoms with Crippen LogP contribution in [-0.4, -0.2) is 35.2 Å². The summed E-state index contributed by atoms with van der Waals surface area (Å²) in [5.41, 5.74) is 7.67. The zero-order chi connectivity index (χ0) is 23.6. The first kappa shape index (κ1) is 14.5. The molecule has 2 heterocycles. The van der Waals surface area contributed by atoms with Gasteiger partial charge in [-0.15, -0.1) is 0 Å². The highest BCUT2D eigenvalue weighted by Gasteiger charge is 2.62. The van der Waals surface area contributed by atoms with Crippen LogP contribution in [0.5, 0.6) is 0 Å². The Morgan fingerprint density at radius 3 is 2.86 bits per heavy atom. The molecule has 2 aromatic rings. The fourth-order valence-electron chi connectivity index (χ4n) is 5.52. The third kappa shape index (κ3) is 2.76. The molecule has 2 aliphatic carbocycles. The Kier molecular flexibility index (Phi) is 3.40. The highest BCUT2D eigenvalue weighted by molar-refractivity contribution is 5.75. The van der Waals surface area contributed by atoms with Crippen molar-refractivity contribution in [3.63, 3.8) is 0 Å². The first-order valence-corrected chi connectivity index (χ1v) is 10.1. The largest absolute Gasteiger partial charge is 0.462 e. The van der Waals surface area contributed by atoms with E-state index >= 15 is 0 Å². The number of hydrogen-bond acceptors (Lipinski definition) is 6. The minimum Gasteiger partial charge on any atom is -0.462 e. The zero-order valence-corrected chi connectivity index (χ0v) is 16.7. The predicted octanol–water partition coefficient (Wildman–Crippen LogP) is 3.45. The molecule has 3 aliphatic rings. The number of benzene rings is 1. The van der Waals surface area contributed by atoms with Gasteiger partial charge in [0, 0.05) is 29.9 Å². The van der Waals surface area contributed by atoms with Crippen molar-refractivity contribution >= 4 is 6.02 Å². The van der Waals surface area contributed by atoms with E-state index in [0.717, 1.165) is 22.3 Å². The van der Waals surface area contributed by atoms with Crippen LogP contribution in [0.15, 0.2) is 41.9 Å². The number of rotatable bonds is 3. The van der Waals surface area contributed by atoms with E-state index in [1.807, 2.05) is 25.1 Å². The van der Waals surface area contributed by atoms with Gasteiger partial charge in [-0.3, -0.25) is 0 Å². The van der Waals surface area contributed by atoms with Crippen molar-refractivity contribution in [2.45, 2.75) is 51.2 Å². The van der Waals surface area contributed by atoms with Gasteiger partial charge < -0.3 is 15.2 Å². The lowest BCUT2D eigenvalue weighted by molar-refractivity contribution is -0.0588. The van der Waals surface area contributed by atoms with Gasteiger partial charge in [0.05, 0.1) is 11.6 Å². The Hall–Kier alpha value is -2.47. The van der Waals surface area contributed by atoms with Gasteiger partial charge in [0.1, 0.15) is 18.4 Å². The Bertz CT molecular complexity index is 1110. The molecule has 6 heteroatoms. The third-order valence-electron chi connectivity index (χ3n) is 6.80. The summed E-state index contributed by atoms with van der Waals surface area (Å²) in [6.45, 7) is -0.388. The third-order valence-corrected chi connectivity index (χ3v) is 6.80. The van der Waals surface area contributed by atoms with Gasteiger partial charge in [-0.05, 0) is 61.3 Å². The van der Waals surface area contributed by atoms with Gasteiger partial charge in [0.2, 0.25) is 0 Å². The normalized spacial score (nSPS) is 37.2. The van der Waals surface area contributed by atoms with E-state index in [4.69, 9.17) is 25.7 Å². The van der Waals surface area contributed by atoms with Crippen LogP contribution in [0.1, 0.15) is 49.7 Å². The molecule has 1 fully saturated rings. The second-order valence-corrected chi connectivity index (χ2v) is 8.40. The Morgan fingerprint density at radius 1 is 1.34 bits per heavy atom. The summed E-state index contributed by atoms with van der Waals surface area (Å²) in [4.78, 5) is 12.9. The lowest BCUT2D eigenvalue weighted by Crippen LogP contribution is -2.48. The molecule has 1 aromatic carbocycles. The van der Waals surface area contributed by atoms with Crippen molar-refractivity contribution in [2.24, 2.45) is 22.1 Å². The average Bonchev–Trinajstić information content (AvgIpc) is 3.14. The van der Waals surface area contributed by atoms with Gasteiger partial charge in [-0.2, -0.15) is 0 Å². The maximum atomic E-state index is 8.92. The number of nitrogens with zero attached hydrogens (tertiary/aromatic N) is 3. The summed E-state index contributed by atoms with van der Waals surface area (Å²) in [5.74, 6) is 0.00906. The lowest BCUT2D eigenvalue weighted by atomic mass is 9.59. The quantitative estimate of drug-likeness (QED) is 0.859. The van der Waals surface area contributed by atoms with Crippen LogP contribution in [0.3, 0.4) is 0 Å². The fourth-order valence-corrected chi connectivity index (χ4v) is 5.52.